The number of para-hydroxylation sites is 1. The number of rotatable bonds is 5. The third kappa shape index (κ3) is 5.42. The minimum Gasteiger partial charge on any atom is -0.452 e. The van der Waals surface area contributed by atoms with Crippen molar-refractivity contribution in [3.05, 3.63) is 71.3 Å². The van der Waals surface area contributed by atoms with Gasteiger partial charge in [-0.05, 0) is 35.9 Å². The lowest BCUT2D eigenvalue weighted by atomic mass is 10.2. The van der Waals surface area contributed by atoms with Crippen LogP contribution in [0.1, 0.15) is 5.56 Å². The predicted molar refractivity (Wildman–Crippen MR) is 86.5 cm³/mol. The van der Waals surface area contributed by atoms with E-state index in [1.807, 2.05) is 6.07 Å². The van der Waals surface area contributed by atoms with E-state index in [1.54, 1.807) is 54.6 Å². The van der Waals surface area contributed by atoms with Crippen LogP contribution in [0, 0.1) is 0 Å². The van der Waals surface area contributed by atoms with Crippen LogP contribution in [0.25, 0.3) is 6.08 Å². The van der Waals surface area contributed by atoms with Crippen LogP contribution in [0.4, 0.5) is 5.69 Å². The van der Waals surface area contributed by atoms with Crippen molar-refractivity contribution in [3.8, 4) is 0 Å². The van der Waals surface area contributed by atoms with Gasteiger partial charge in [-0.3, -0.25) is 4.79 Å². The minimum absolute atomic E-state index is 0.335. The minimum atomic E-state index is -0.585. The summed E-state index contributed by atoms with van der Waals surface area (Å²) in [6, 6.07) is 15.9. The van der Waals surface area contributed by atoms with Crippen LogP contribution in [-0.4, -0.2) is 18.5 Å². The van der Waals surface area contributed by atoms with Crippen molar-refractivity contribution < 1.29 is 14.3 Å². The molecule has 0 atom stereocenters. The molecule has 0 spiro atoms. The molecule has 0 fully saturated rings. The van der Waals surface area contributed by atoms with Crippen LogP contribution in [-0.2, 0) is 14.3 Å². The molecule has 0 saturated carbocycles. The van der Waals surface area contributed by atoms with Gasteiger partial charge in [-0.25, -0.2) is 4.79 Å². The Morgan fingerprint density at radius 1 is 1.05 bits per heavy atom. The first-order valence-corrected chi connectivity index (χ1v) is 6.96. The number of esters is 1. The number of hydrogen-bond donors (Lipinski definition) is 1. The van der Waals surface area contributed by atoms with Crippen molar-refractivity contribution in [3.63, 3.8) is 0 Å². The summed E-state index contributed by atoms with van der Waals surface area (Å²) in [7, 11) is 0. The zero-order chi connectivity index (χ0) is 15.8. The van der Waals surface area contributed by atoms with E-state index >= 15 is 0 Å². The highest BCUT2D eigenvalue weighted by Gasteiger charge is 2.05. The lowest BCUT2D eigenvalue weighted by Gasteiger charge is -2.04. The molecular weight excluding hydrogens is 302 g/mol. The molecule has 0 aliphatic carbocycles. The first-order valence-electron chi connectivity index (χ1n) is 6.59. The number of carbonyl (C=O) groups is 2. The number of anilines is 1. The number of benzene rings is 2. The molecule has 22 heavy (non-hydrogen) atoms. The summed E-state index contributed by atoms with van der Waals surface area (Å²) in [5.41, 5.74) is 1.47. The van der Waals surface area contributed by atoms with E-state index in [1.165, 1.54) is 6.08 Å². The third-order valence-corrected chi connectivity index (χ3v) is 2.94. The van der Waals surface area contributed by atoms with Gasteiger partial charge >= 0.3 is 5.97 Å². The third-order valence-electron chi connectivity index (χ3n) is 2.68. The number of nitrogens with one attached hydrogen (secondary N) is 1. The molecule has 1 amide bonds. The summed E-state index contributed by atoms with van der Waals surface area (Å²) in [6.07, 6.45) is 2.85. The molecule has 0 aliphatic heterocycles. The second-order valence-corrected chi connectivity index (χ2v) is 4.84. The van der Waals surface area contributed by atoms with Crippen LogP contribution in [0.3, 0.4) is 0 Å². The molecule has 5 heteroatoms. The van der Waals surface area contributed by atoms with Gasteiger partial charge in [0.25, 0.3) is 5.91 Å². The molecule has 0 radical (unpaired) electrons. The normalized spacial score (nSPS) is 10.4. The Morgan fingerprint density at radius 3 is 2.41 bits per heavy atom. The summed E-state index contributed by atoms with van der Waals surface area (Å²) in [4.78, 5) is 23.1. The molecule has 112 valence electrons. The van der Waals surface area contributed by atoms with Gasteiger partial charge in [0, 0.05) is 16.8 Å². The monoisotopic (exact) mass is 315 g/mol. The first kappa shape index (κ1) is 15.8. The predicted octanol–water partition coefficient (Wildman–Crippen LogP) is 3.54. The Morgan fingerprint density at radius 2 is 1.73 bits per heavy atom. The SMILES string of the molecule is O=C(COC(=O)/C=C/c1ccc(Cl)cc1)Nc1ccccc1. The lowest BCUT2D eigenvalue weighted by Crippen LogP contribution is -2.20. The van der Waals surface area contributed by atoms with Crippen LogP contribution in [0.2, 0.25) is 5.02 Å². The fourth-order valence-electron chi connectivity index (χ4n) is 1.64. The summed E-state index contributed by atoms with van der Waals surface area (Å²) >= 11 is 5.77. The van der Waals surface area contributed by atoms with E-state index < -0.39 is 5.97 Å². The van der Waals surface area contributed by atoms with Crippen molar-refractivity contribution >= 4 is 35.2 Å². The van der Waals surface area contributed by atoms with Gasteiger partial charge in [0.1, 0.15) is 0 Å². The molecule has 0 heterocycles. The van der Waals surface area contributed by atoms with Crippen LogP contribution >= 0.6 is 11.6 Å². The zero-order valence-corrected chi connectivity index (χ0v) is 12.4. The maximum absolute atomic E-state index is 11.6. The van der Waals surface area contributed by atoms with Gasteiger partial charge in [0.05, 0.1) is 0 Å². The van der Waals surface area contributed by atoms with Crippen molar-refractivity contribution in [2.75, 3.05) is 11.9 Å². The van der Waals surface area contributed by atoms with Crippen molar-refractivity contribution in [2.24, 2.45) is 0 Å². The second kappa shape index (κ2) is 8.00. The molecule has 2 rings (SSSR count). The number of carbonyl (C=O) groups excluding carboxylic acids is 2. The van der Waals surface area contributed by atoms with E-state index in [2.05, 4.69) is 5.32 Å². The number of ether oxygens (including phenoxy) is 1. The van der Waals surface area contributed by atoms with E-state index in [9.17, 15) is 9.59 Å². The molecule has 2 aromatic rings. The zero-order valence-electron chi connectivity index (χ0n) is 11.7. The fourth-order valence-corrected chi connectivity index (χ4v) is 1.77. The van der Waals surface area contributed by atoms with Gasteiger partial charge < -0.3 is 10.1 Å². The van der Waals surface area contributed by atoms with Crippen LogP contribution in [0.15, 0.2) is 60.7 Å². The molecule has 0 bridgehead atoms. The average Bonchev–Trinajstić information content (AvgIpc) is 2.53. The summed E-state index contributed by atoms with van der Waals surface area (Å²) in [6.45, 7) is -0.335. The van der Waals surface area contributed by atoms with E-state index in [-0.39, 0.29) is 12.5 Å². The van der Waals surface area contributed by atoms with Gasteiger partial charge in [-0.1, -0.05) is 41.9 Å². The number of hydrogen-bond acceptors (Lipinski definition) is 3. The Bertz CT molecular complexity index is 666. The highest BCUT2D eigenvalue weighted by atomic mass is 35.5. The fraction of sp³-hybridized carbons (Fsp3) is 0.0588. The average molecular weight is 316 g/mol. The molecule has 2 aromatic carbocycles. The summed E-state index contributed by atoms with van der Waals surface area (Å²) in [5, 5.41) is 3.24. The quantitative estimate of drug-likeness (QED) is 0.678. The van der Waals surface area contributed by atoms with Crippen molar-refractivity contribution in [2.45, 2.75) is 0 Å². The summed E-state index contributed by atoms with van der Waals surface area (Å²) in [5.74, 6) is -0.974. The number of amides is 1. The standard InChI is InChI=1S/C17H14ClNO3/c18-14-9-6-13(7-10-14)8-11-17(21)22-12-16(20)19-15-4-2-1-3-5-15/h1-11H,12H2,(H,19,20)/b11-8+. The second-order valence-electron chi connectivity index (χ2n) is 4.41. The van der Waals surface area contributed by atoms with Crippen LogP contribution in [0.5, 0.6) is 0 Å². The Labute approximate surface area is 133 Å². The van der Waals surface area contributed by atoms with Gasteiger partial charge in [-0.15, -0.1) is 0 Å². The maximum atomic E-state index is 11.6. The first-order chi connectivity index (χ1) is 10.6. The Balaban J connectivity index is 1.77. The molecule has 0 saturated heterocycles. The number of halogens is 1. The Kier molecular flexibility index (Phi) is 5.74. The van der Waals surface area contributed by atoms with Crippen LogP contribution < -0.4 is 5.32 Å². The summed E-state index contributed by atoms with van der Waals surface area (Å²) < 4.78 is 4.86. The smallest absolute Gasteiger partial charge is 0.331 e. The molecule has 4 nitrogen and oxygen atoms in total. The topological polar surface area (TPSA) is 55.4 Å². The van der Waals surface area contributed by atoms with Crippen molar-refractivity contribution in [1.29, 1.82) is 0 Å². The molecular formula is C17H14ClNO3. The van der Waals surface area contributed by atoms with E-state index in [0.29, 0.717) is 10.7 Å². The lowest BCUT2D eigenvalue weighted by molar-refractivity contribution is -0.142. The largest absolute Gasteiger partial charge is 0.452 e. The molecule has 1 N–H and O–H groups in total. The highest BCUT2D eigenvalue weighted by Crippen LogP contribution is 2.10. The Hall–Kier alpha value is -2.59. The van der Waals surface area contributed by atoms with E-state index in [4.69, 9.17) is 16.3 Å². The molecule has 0 aromatic heterocycles. The van der Waals surface area contributed by atoms with E-state index in [0.717, 1.165) is 5.56 Å². The van der Waals surface area contributed by atoms with Crippen molar-refractivity contribution in [1.82, 2.24) is 0 Å². The van der Waals surface area contributed by atoms with Gasteiger partial charge in [0.15, 0.2) is 6.61 Å². The van der Waals surface area contributed by atoms with Gasteiger partial charge in [0.2, 0.25) is 0 Å². The van der Waals surface area contributed by atoms with Gasteiger partial charge in [-0.2, -0.15) is 0 Å². The molecule has 0 unspecified atom stereocenters. The molecule has 0 aliphatic rings. The highest BCUT2D eigenvalue weighted by molar-refractivity contribution is 6.30. The maximum Gasteiger partial charge on any atom is 0.331 e.